The van der Waals surface area contributed by atoms with Gasteiger partial charge in [0.2, 0.25) is 0 Å². The zero-order valence-electron chi connectivity index (χ0n) is 7.71. The molecule has 0 spiro atoms. The summed E-state index contributed by atoms with van der Waals surface area (Å²) in [5.41, 5.74) is 6.76. The number of ether oxygens (including phenoxy) is 1. The van der Waals surface area contributed by atoms with E-state index in [1.807, 2.05) is 24.3 Å². The Labute approximate surface area is 109 Å². The van der Waals surface area contributed by atoms with E-state index in [1.54, 1.807) is 6.26 Å². The molecule has 2 N–H and O–H groups in total. The Morgan fingerprint density at radius 1 is 1.33 bits per heavy atom. The quantitative estimate of drug-likeness (QED) is 0.743. The van der Waals surface area contributed by atoms with Gasteiger partial charge in [-0.2, -0.15) is 0 Å². The number of aliphatic imine (C=N–C) groups is 1. The molecule has 2 aliphatic rings. The molecule has 2 heterocycles. The van der Waals surface area contributed by atoms with Gasteiger partial charge in [-0.1, -0.05) is 30.0 Å². The number of nitrogens with two attached hydrogens (primary N) is 1. The highest BCUT2D eigenvalue weighted by molar-refractivity contribution is 14.0. The number of hydrogen-bond donors (Lipinski definition) is 1. The van der Waals surface area contributed by atoms with Crippen LogP contribution in [0.3, 0.4) is 0 Å². The fourth-order valence-electron chi connectivity index (χ4n) is 1.64. The molecule has 2 aliphatic heterocycles. The lowest BCUT2D eigenvalue weighted by Crippen LogP contribution is -2.03. The topological polar surface area (TPSA) is 47.6 Å². The van der Waals surface area contributed by atoms with Gasteiger partial charge in [-0.25, -0.2) is 4.99 Å². The zero-order chi connectivity index (χ0) is 9.54. The molecule has 3 rings (SSSR count). The summed E-state index contributed by atoms with van der Waals surface area (Å²) < 4.78 is 5.47. The van der Waals surface area contributed by atoms with E-state index in [4.69, 9.17) is 10.5 Å². The van der Waals surface area contributed by atoms with Gasteiger partial charge in [0.1, 0.15) is 18.1 Å². The molecule has 0 fully saturated rings. The van der Waals surface area contributed by atoms with Crippen molar-refractivity contribution in [3.05, 3.63) is 41.0 Å². The van der Waals surface area contributed by atoms with Gasteiger partial charge in [0.25, 0.3) is 0 Å². The average Bonchev–Trinajstić information content (AvgIpc) is 2.59. The van der Waals surface area contributed by atoms with Crippen molar-refractivity contribution < 1.29 is 4.74 Å². The van der Waals surface area contributed by atoms with E-state index < -0.39 is 0 Å². The predicted octanol–water partition coefficient (Wildman–Crippen LogP) is 2.64. The van der Waals surface area contributed by atoms with Gasteiger partial charge in [0.15, 0.2) is 5.17 Å². The van der Waals surface area contributed by atoms with Crippen molar-refractivity contribution in [1.82, 2.24) is 0 Å². The van der Waals surface area contributed by atoms with E-state index in [2.05, 4.69) is 4.99 Å². The largest absolute Gasteiger partial charge is 0.464 e. The normalized spacial score (nSPS) is 21.5. The Bertz CT molecular complexity index is 458. The summed E-state index contributed by atoms with van der Waals surface area (Å²) in [7, 11) is 0. The zero-order valence-corrected chi connectivity index (χ0v) is 10.9. The van der Waals surface area contributed by atoms with E-state index in [9.17, 15) is 0 Å². The fraction of sp³-hybridized carbons (Fsp3) is 0.100. The smallest absolute Gasteiger partial charge is 0.159 e. The summed E-state index contributed by atoms with van der Waals surface area (Å²) in [6.07, 6.45) is 1.74. The van der Waals surface area contributed by atoms with Gasteiger partial charge in [0.05, 0.1) is 4.91 Å². The SMILES string of the molecule is I.NC1=NC2C(=COc3ccccc32)S1. The lowest BCUT2D eigenvalue weighted by molar-refractivity contribution is 0.453. The monoisotopic (exact) mass is 332 g/mol. The summed E-state index contributed by atoms with van der Waals surface area (Å²) >= 11 is 1.48. The van der Waals surface area contributed by atoms with Crippen LogP contribution in [0.2, 0.25) is 0 Å². The summed E-state index contributed by atoms with van der Waals surface area (Å²) in [6, 6.07) is 7.96. The first-order valence-corrected chi connectivity index (χ1v) is 5.13. The molecule has 0 amide bonds. The van der Waals surface area contributed by atoms with Crippen LogP contribution < -0.4 is 10.5 Å². The third-order valence-corrected chi connectivity index (χ3v) is 3.13. The summed E-state index contributed by atoms with van der Waals surface area (Å²) in [5, 5.41) is 0.613. The first kappa shape index (κ1) is 10.8. The fourth-order valence-corrected chi connectivity index (χ4v) is 2.43. The van der Waals surface area contributed by atoms with Crippen LogP contribution in [0.25, 0.3) is 0 Å². The maximum Gasteiger partial charge on any atom is 0.159 e. The van der Waals surface area contributed by atoms with Crippen molar-refractivity contribution in [3.8, 4) is 5.75 Å². The van der Waals surface area contributed by atoms with Gasteiger partial charge in [-0.3, -0.25) is 0 Å². The number of benzene rings is 1. The van der Waals surface area contributed by atoms with Gasteiger partial charge < -0.3 is 10.5 Å². The third kappa shape index (κ3) is 1.74. The second kappa shape index (κ2) is 4.05. The average molecular weight is 332 g/mol. The predicted molar refractivity (Wildman–Crippen MR) is 72.5 cm³/mol. The first-order chi connectivity index (χ1) is 6.84. The molecule has 3 nitrogen and oxygen atoms in total. The highest BCUT2D eigenvalue weighted by atomic mass is 127. The lowest BCUT2D eigenvalue weighted by atomic mass is 10.0. The van der Waals surface area contributed by atoms with Crippen molar-refractivity contribution in [1.29, 1.82) is 0 Å². The van der Waals surface area contributed by atoms with Crippen LogP contribution in [-0.4, -0.2) is 5.17 Å². The number of halogens is 1. The number of para-hydroxylation sites is 1. The summed E-state index contributed by atoms with van der Waals surface area (Å²) in [4.78, 5) is 5.43. The van der Waals surface area contributed by atoms with E-state index in [0.29, 0.717) is 5.17 Å². The number of hydrogen-bond acceptors (Lipinski definition) is 4. The van der Waals surface area contributed by atoms with Crippen LogP contribution in [0, 0.1) is 0 Å². The lowest BCUT2D eigenvalue weighted by Gasteiger charge is -2.18. The molecule has 78 valence electrons. The Morgan fingerprint density at radius 3 is 3.00 bits per heavy atom. The maximum absolute atomic E-state index is 5.67. The molecule has 0 radical (unpaired) electrons. The summed E-state index contributed by atoms with van der Waals surface area (Å²) in [5.74, 6) is 0.875. The highest BCUT2D eigenvalue weighted by Crippen LogP contribution is 2.45. The molecule has 1 aromatic carbocycles. The molecule has 5 heteroatoms. The second-order valence-corrected chi connectivity index (χ2v) is 4.24. The second-order valence-electron chi connectivity index (χ2n) is 3.15. The van der Waals surface area contributed by atoms with Gasteiger partial charge >= 0.3 is 0 Å². The minimum absolute atomic E-state index is 0. The molecule has 0 saturated carbocycles. The first-order valence-electron chi connectivity index (χ1n) is 4.31. The molecule has 0 aliphatic carbocycles. The number of thioether (sulfide) groups is 1. The van der Waals surface area contributed by atoms with E-state index in [-0.39, 0.29) is 30.0 Å². The molecule has 1 aromatic rings. The Balaban J connectivity index is 0.000000853. The third-order valence-electron chi connectivity index (χ3n) is 2.26. The van der Waals surface area contributed by atoms with Gasteiger partial charge in [0, 0.05) is 5.56 Å². The van der Waals surface area contributed by atoms with E-state index in [1.165, 1.54) is 11.8 Å². The number of amidine groups is 1. The molecule has 1 atom stereocenters. The van der Waals surface area contributed by atoms with Gasteiger partial charge in [-0.15, -0.1) is 24.0 Å². The number of rotatable bonds is 0. The molecular weight excluding hydrogens is 323 g/mol. The Hall–Kier alpha value is -0.690. The van der Waals surface area contributed by atoms with Crippen LogP contribution >= 0.6 is 35.7 Å². The van der Waals surface area contributed by atoms with Crippen LogP contribution in [0.15, 0.2) is 40.4 Å². The van der Waals surface area contributed by atoms with Crippen LogP contribution in [-0.2, 0) is 0 Å². The molecule has 1 unspecified atom stereocenters. The van der Waals surface area contributed by atoms with Crippen molar-refractivity contribution in [2.75, 3.05) is 0 Å². The number of fused-ring (bicyclic) bond motifs is 3. The van der Waals surface area contributed by atoms with Crippen molar-refractivity contribution in [3.63, 3.8) is 0 Å². The Morgan fingerprint density at radius 2 is 2.13 bits per heavy atom. The molecule has 15 heavy (non-hydrogen) atoms. The van der Waals surface area contributed by atoms with Crippen molar-refractivity contribution in [2.45, 2.75) is 6.04 Å². The highest BCUT2D eigenvalue weighted by Gasteiger charge is 2.30. The van der Waals surface area contributed by atoms with Crippen molar-refractivity contribution >= 4 is 40.9 Å². The molecule has 0 aromatic heterocycles. The maximum atomic E-state index is 5.67. The molecule has 0 bridgehead atoms. The Kier molecular flexibility index (Phi) is 2.92. The standard InChI is InChI=1S/C10H8N2OS.HI/c11-10-12-9-6-3-1-2-4-7(6)13-5-8(9)14-10;/h1-5,9H,(H2,11,12);1H. The minimum Gasteiger partial charge on any atom is -0.464 e. The summed E-state index contributed by atoms with van der Waals surface area (Å²) in [6.45, 7) is 0. The van der Waals surface area contributed by atoms with Crippen LogP contribution in [0.5, 0.6) is 5.75 Å². The molecule has 0 saturated heterocycles. The van der Waals surface area contributed by atoms with E-state index >= 15 is 0 Å². The van der Waals surface area contributed by atoms with Gasteiger partial charge in [-0.05, 0) is 6.07 Å². The molecular formula is C10H9IN2OS. The van der Waals surface area contributed by atoms with E-state index in [0.717, 1.165) is 16.2 Å². The van der Waals surface area contributed by atoms with Crippen molar-refractivity contribution in [2.24, 2.45) is 10.7 Å². The minimum atomic E-state index is 0. The number of nitrogens with zero attached hydrogens (tertiary/aromatic N) is 1. The van der Waals surface area contributed by atoms with Crippen LogP contribution in [0.1, 0.15) is 11.6 Å². The van der Waals surface area contributed by atoms with Crippen LogP contribution in [0.4, 0.5) is 0 Å².